The Morgan fingerprint density at radius 2 is 2.18 bits per heavy atom. The minimum absolute atomic E-state index is 0.0771. The number of carbonyl (C=O) groups excluding carboxylic acids is 1. The highest BCUT2D eigenvalue weighted by molar-refractivity contribution is 7.09. The molecule has 0 aliphatic carbocycles. The van der Waals surface area contributed by atoms with Crippen LogP contribution in [0.2, 0.25) is 0 Å². The average Bonchev–Trinajstić information content (AvgIpc) is 3.08. The van der Waals surface area contributed by atoms with Crippen molar-refractivity contribution in [2.24, 2.45) is 7.05 Å². The maximum Gasteiger partial charge on any atom is 0.253 e. The van der Waals surface area contributed by atoms with Crippen LogP contribution >= 0.6 is 11.3 Å². The number of aromatic nitrogens is 3. The van der Waals surface area contributed by atoms with E-state index in [2.05, 4.69) is 21.5 Å². The molecule has 3 aromatic rings. The second-order valence-corrected chi connectivity index (χ2v) is 6.32. The Balaban J connectivity index is 1.78. The average molecular weight is 314 g/mol. The Morgan fingerprint density at radius 1 is 1.36 bits per heavy atom. The minimum Gasteiger partial charge on any atom is -0.352 e. The van der Waals surface area contributed by atoms with Gasteiger partial charge < -0.3 is 5.32 Å². The lowest BCUT2D eigenvalue weighted by Crippen LogP contribution is -2.26. The van der Waals surface area contributed by atoms with E-state index in [1.807, 2.05) is 38.4 Å². The number of amides is 1. The molecule has 0 unspecified atom stereocenters. The van der Waals surface area contributed by atoms with Gasteiger partial charge in [-0.1, -0.05) is 6.07 Å². The van der Waals surface area contributed by atoms with Gasteiger partial charge in [-0.3, -0.25) is 9.48 Å². The Morgan fingerprint density at radius 3 is 2.91 bits per heavy atom. The second kappa shape index (κ2) is 5.88. The van der Waals surface area contributed by atoms with E-state index in [-0.39, 0.29) is 5.91 Å². The van der Waals surface area contributed by atoms with E-state index in [0.29, 0.717) is 12.1 Å². The number of pyridine rings is 1. The van der Waals surface area contributed by atoms with Gasteiger partial charge in [-0.15, -0.1) is 11.3 Å². The van der Waals surface area contributed by atoms with E-state index in [1.165, 1.54) is 4.88 Å². The number of hydrogen-bond donors (Lipinski definition) is 1. The summed E-state index contributed by atoms with van der Waals surface area (Å²) < 4.78 is 1.75. The van der Waals surface area contributed by atoms with Gasteiger partial charge in [0, 0.05) is 23.9 Å². The number of thiophene rings is 1. The van der Waals surface area contributed by atoms with Crippen LogP contribution in [-0.2, 0) is 13.5 Å². The third kappa shape index (κ3) is 2.74. The molecule has 22 heavy (non-hydrogen) atoms. The lowest BCUT2D eigenvalue weighted by atomic mass is 10.1. The fourth-order valence-electron chi connectivity index (χ4n) is 2.51. The minimum atomic E-state index is -0.0771. The normalized spacial score (nSPS) is 11.0. The lowest BCUT2D eigenvalue weighted by Gasteiger charge is -2.07. The first kappa shape index (κ1) is 14.7. The number of fused-ring (bicyclic) bond motifs is 1. The van der Waals surface area contributed by atoms with Crippen molar-refractivity contribution in [2.75, 3.05) is 6.54 Å². The number of hydrogen-bond acceptors (Lipinski definition) is 4. The summed E-state index contributed by atoms with van der Waals surface area (Å²) in [6.45, 7) is 4.41. The number of rotatable bonds is 4. The van der Waals surface area contributed by atoms with Crippen molar-refractivity contribution in [2.45, 2.75) is 20.3 Å². The van der Waals surface area contributed by atoms with Gasteiger partial charge in [0.15, 0.2) is 5.65 Å². The highest BCUT2D eigenvalue weighted by atomic mass is 32.1. The van der Waals surface area contributed by atoms with Crippen LogP contribution in [0.3, 0.4) is 0 Å². The van der Waals surface area contributed by atoms with Crippen molar-refractivity contribution in [1.82, 2.24) is 20.1 Å². The molecule has 0 aliphatic heterocycles. The van der Waals surface area contributed by atoms with Crippen molar-refractivity contribution < 1.29 is 4.79 Å². The monoisotopic (exact) mass is 314 g/mol. The summed E-state index contributed by atoms with van der Waals surface area (Å²) in [7, 11) is 1.86. The molecule has 0 bridgehead atoms. The summed E-state index contributed by atoms with van der Waals surface area (Å²) in [5.74, 6) is -0.0771. The lowest BCUT2D eigenvalue weighted by molar-refractivity contribution is 0.0953. The fourth-order valence-corrected chi connectivity index (χ4v) is 3.22. The quantitative estimate of drug-likeness (QED) is 0.805. The van der Waals surface area contributed by atoms with Crippen molar-refractivity contribution >= 4 is 28.3 Å². The molecule has 0 atom stereocenters. The van der Waals surface area contributed by atoms with Gasteiger partial charge in [0.25, 0.3) is 5.91 Å². The van der Waals surface area contributed by atoms with Crippen LogP contribution < -0.4 is 5.32 Å². The van der Waals surface area contributed by atoms with Crippen LogP contribution in [0, 0.1) is 13.8 Å². The van der Waals surface area contributed by atoms with E-state index in [0.717, 1.165) is 28.8 Å². The van der Waals surface area contributed by atoms with Crippen LogP contribution in [0.1, 0.15) is 26.6 Å². The largest absolute Gasteiger partial charge is 0.352 e. The number of nitrogens with zero attached hydrogens (tertiary/aromatic N) is 3. The van der Waals surface area contributed by atoms with E-state index in [9.17, 15) is 4.79 Å². The Kier molecular flexibility index (Phi) is 3.94. The first-order valence-corrected chi connectivity index (χ1v) is 8.06. The molecule has 0 fully saturated rings. The fraction of sp³-hybridized carbons (Fsp3) is 0.312. The number of carbonyl (C=O) groups is 1. The summed E-state index contributed by atoms with van der Waals surface area (Å²) in [5.41, 5.74) is 3.04. The molecule has 0 saturated heterocycles. The Bertz CT molecular complexity index is 820. The predicted octanol–water partition coefficient (Wildman–Crippen LogP) is 2.62. The summed E-state index contributed by atoms with van der Waals surface area (Å²) in [5, 5.41) is 10.3. The van der Waals surface area contributed by atoms with E-state index < -0.39 is 0 Å². The smallest absolute Gasteiger partial charge is 0.253 e. The zero-order chi connectivity index (χ0) is 15.7. The second-order valence-electron chi connectivity index (χ2n) is 5.29. The van der Waals surface area contributed by atoms with E-state index >= 15 is 0 Å². The van der Waals surface area contributed by atoms with Crippen LogP contribution in [0.25, 0.3) is 11.0 Å². The SMILES string of the molecule is Cc1nc2c(cc1C(=O)NCCc1cccs1)c(C)nn2C. The van der Waals surface area contributed by atoms with Crippen molar-refractivity contribution in [3.8, 4) is 0 Å². The molecule has 1 amide bonds. The van der Waals surface area contributed by atoms with Gasteiger partial charge >= 0.3 is 0 Å². The molecule has 3 aromatic heterocycles. The van der Waals surface area contributed by atoms with Gasteiger partial charge in [-0.05, 0) is 37.8 Å². The highest BCUT2D eigenvalue weighted by Gasteiger charge is 2.15. The highest BCUT2D eigenvalue weighted by Crippen LogP contribution is 2.19. The molecule has 3 rings (SSSR count). The van der Waals surface area contributed by atoms with Crippen LogP contribution in [0.15, 0.2) is 23.6 Å². The molecule has 5 nitrogen and oxygen atoms in total. The molecular weight excluding hydrogens is 296 g/mol. The first-order chi connectivity index (χ1) is 10.6. The third-order valence-corrected chi connectivity index (χ3v) is 4.61. The molecule has 6 heteroatoms. The van der Waals surface area contributed by atoms with Gasteiger partial charge in [0.2, 0.25) is 0 Å². The standard InChI is InChI=1S/C16H18N4OS/c1-10-14(9-13-11(2)19-20(3)15(13)18-10)16(21)17-7-6-12-5-4-8-22-12/h4-5,8-9H,6-7H2,1-3H3,(H,17,21). The molecule has 1 N–H and O–H groups in total. The Hall–Kier alpha value is -2.21. The van der Waals surface area contributed by atoms with Crippen molar-refractivity contribution in [3.63, 3.8) is 0 Å². The Labute approximate surface area is 133 Å². The van der Waals surface area contributed by atoms with E-state index in [4.69, 9.17) is 0 Å². The third-order valence-electron chi connectivity index (χ3n) is 3.67. The van der Waals surface area contributed by atoms with Gasteiger partial charge in [-0.25, -0.2) is 4.98 Å². The van der Waals surface area contributed by atoms with Gasteiger partial charge in [0.05, 0.1) is 17.0 Å². The number of aryl methyl sites for hydroxylation is 3. The van der Waals surface area contributed by atoms with Crippen LogP contribution in [0.5, 0.6) is 0 Å². The molecule has 0 spiro atoms. The predicted molar refractivity (Wildman–Crippen MR) is 88.3 cm³/mol. The molecule has 0 aliphatic rings. The maximum atomic E-state index is 12.4. The summed E-state index contributed by atoms with van der Waals surface area (Å²) in [4.78, 5) is 18.2. The van der Waals surface area contributed by atoms with Gasteiger partial charge in [0.1, 0.15) is 0 Å². The van der Waals surface area contributed by atoms with Crippen LogP contribution in [0.4, 0.5) is 0 Å². The molecule has 3 heterocycles. The maximum absolute atomic E-state index is 12.4. The first-order valence-electron chi connectivity index (χ1n) is 7.18. The van der Waals surface area contributed by atoms with Crippen LogP contribution in [-0.4, -0.2) is 27.2 Å². The molecule has 114 valence electrons. The van der Waals surface area contributed by atoms with Crippen molar-refractivity contribution in [3.05, 3.63) is 45.4 Å². The summed E-state index contributed by atoms with van der Waals surface area (Å²) >= 11 is 1.71. The van der Waals surface area contributed by atoms with Gasteiger partial charge in [-0.2, -0.15) is 5.10 Å². The molecule has 0 aromatic carbocycles. The van der Waals surface area contributed by atoms with Crippen molar-refractivity contribution in [1.29, 1.82) is 0 Å². The summed E-state index contributed by atoms with van der Waals surface area (Å²) in [6.07, 6.45) is 0.851. The number of nitrogens with one attached hydrogen (secondary N) is 1. The molecule has 0 radical (unpaired) electrons. The zero-order valence-electron chi connectivity index (χ0n) is 12.9. The summed E-state index contributed by atoms with van der Waals surface area (Å²) in [6, 6.07) is 5.99. The van der Waals surface area contributed by atoms with E-state index in [1.54, 1.807) is 16.0 Å². The molecular formula is C16H18N4OS. The zero-order valence-corrected chi connectivity index (χ0v) is 13.7. The topological polar surface area (TPSA) is 59.8 Å². The molecule has 0 saturated carbocycles.